The molecule has 0 spiro atoms. The molecule has 1 aliphatic rings. The van der Waals surface area contributed by atoms with E-state index in [0.29, 0.717) is 18.0 Å². The van der Waals surface area contributed by atoms with Gasteiger partial charge < -0.3 is 10.6 Å². The van der Waals surface area contributed by atoms with Crippen LogP contribution in [0.4, 0.5) is 0 Å². The van der Waals surface area contributed by atoms with Gasteiger partial charge in [0.15, 0.2) is 0 Å². The van der Waals surface area contributed by atoms with Crippen LogP contribution < -0.4 is 10.5 Å². The Labute approximate surface area is 163 Å². The van der Waals surface area contributed by atoms with Gasteiger partial charge in [-0.05, 0) is 81.7 Å². The van der Waals surface area contributed by atoms with Gasteiger partial charge in [-0.25, -0.2) is 13.1 Å². The Balaban J connectivity index is 2.11. The number of nitrogens with one attached hydrogen (secondary N) is 1. The second kappa shape index (κ2) is 8.71. The van der Waals surface area contributed by atoms with E-state index in [2.05, 4.69) is 4.72 Å². The molecule has 27 heavy (non-hydrogen) atoms. The van der Waals surface area contributed by atoms with E-state index in [-0.39, 0.29) is 24.9 Å². The molecule has 1 amide bonds. The van der Waals surface area contributed by atoms with Crippen LogP contribution in [-0.2, 0) is 14.8 Å². The van der Waals surface area contributed by atoms with E-state index in [1.54, 1.807) is 0 Å². The molecular formula is C20H33N3O3S. The first-order chi connectivity index (χ1) is 12.6. The zero-order valence-electron chi connectivity index (χ0n) is 17.2. The van der Waals surface area contributed by atoms with Gasteiger partial charge in [0.1, 0.15) is 0 Å². The molecule has 1 aliphatic heterocycles. The van der Waals surface area contributed by atoms with E-state index in [4.69, 9.17) is 5.73 Å². The number of rotatable bonds is 6. The van der Waals surface area contributed by atoms with Crippen LogP contribution in [0.15, 0.2) is 4.90 Å². The Morgan fingerprint density at radius 2 is 1.59 bits per heavy atom. The number of hydrogen-bond donors (Lipinski definition) is 2. The highest BCUT2D eigenvalue weighted by Crippen LogP contribution is 2.29. The lowest BCUT2D eigenvalue weighted by atomic mass is 9.95. The van der Waals surface area contributed by atoms with Crippen LogP contribution in [0.3, 0.4) is 0 Å². The molecule has 3 N–H and O–H groups in total. The molecule has 1 saturated heterocycles. The predicted molar refractivity (Wildman–Crippen MR) is 108 cm³/mol. The maximum atomic E-state index is 12.9. The van der Waals surface area contributed by atoms with Crippen LogP contribution in [0.5, 0.6) is 0 Å². The molecule has 1 aromatic rings. The maximum absolute atomic E-state index is 12.9. The third-order valence-electron chi connectivity index (χ3n) is 6.05. The summed E-state index contributed by atoms with van der Waals surface area (Å²) in [6.07, 6.45) is 3.14. The quantitative estimate of drug-likeness (QED) is 0.772. The first-order valence-electron chi connectivity index (χ1n) is 9.68. The molecule has 1 atom stereocenters. The van der Waals surface area contributed by atoms with Crippen molar-refractivity contribution < 1.29 is 13.2 Å². The fourth-order valence-corrected chi connectivity index (χ4v) is 5.58. The first-order valence-corrected chi connectivity index (χ1v) is 11.2. The third-order valence-corrected chi connectivity index (χ3v) is 7.78. The molecule has 7 heteroatoms. The lowest BCUT2D eigenvalue weighted by Crippen LogP contribution is -2.48. The SMILES string of the molecule is Cc1c(C)c(C)c(S(=O)(=O)NCCC(=O)N2CCCCC2CN)c(C)c1C. The second-order valence-electron chi connectivity index (χ2n) is 7.57. The van der Waals surface area contributed by atoms with Crippen molar-refractivity contribution in [2.24, 2.45) is 5.73 Å². The standard InChI is InChI=1S/C20H33N3O3S/c1-13-14(2)16(4)20(17(5)15(13)3)27(25,26)22-10-9-19(24)23-11-7-6-8-18(23)12-21/h18,22H,6-12,21H2,1-5H3. The summed E-state index contributed by atoms with van der Waals surface area (Å²) in [6, 6.07) is 0.0785. The summed E-state index contributed by atoms with van der Waals surface area (Å²) in [4.78, 5) is 14.7. The van der Waals surface area contributed by atoms with Gasteiger partial charge in [-0.15, -0.1) is 0 Å². The largest absolute Gasteiger partial charge is 0.338 e. The number of likely N-dealkylation sites (tertiary alicyclic amines) is 1. The van der Waals surface area contributed by atoms with Gasteiger partial charge in [0.25, 0.3) is 0 Å². The summed E-state index contributed by atoms with van der Waals surface area (Å²) in [7, 11) is -3.67. The number of benzene rings is 1. The average Bonchev–Trinajstić information content (AvgIpc) is 2.64. The summed E-state index contributed by atoms with van der Waals surface area (Å²) < 4.78 is 28.5. The van der Waals surface area contributed by atoms with Crippen LogP contribution in [0.2, 0.25) is 0 Å². The molecule has 0 saturated carbocycles. The van der Waals surface area contributed by atoms with Gasteiger partial charge in [-0.2, -0.15) is 0 Å². The number of sulfonamides is 1. The number of hydrogen-bond acceptors (Lipinski definition) is 4. The fourth-order valence-electron chi connectivity index (χ4n) is 3.95. The third kappa shape index (κ3) is 4.52. The molecule has 1 aromatic carbocycles. The Morgan fingerprint density at radius 3 is 2.15 bits per heavy atom. The van der Waals surface area contributed by atoms with Crippen molar-refractivity contribution >= 4 is 15.9 Å². The molecule has 6 nitrogen and oxygen atoms in total. The smallest absolute Gasteiger partial charge is 0.241 e. The van der Waals surface area contributed by atoms with E-state index in [1.165, 1.54) is 0 Å². The Morgan fingerprint density at radius 1 is 1.04 bits per heavy atom. The maximum Gasteiger partial charge on any atom is 0.241 e. The number of nitrogens with two attached hydrogens (primary N) is 1. The zero-order chi connectivity index (χ0) is 20.4. The predicted octanol–water partition coefficient (Wildman–Crippen LogP) is 2.24. The number of amides is 1. The lowest BCUT2D eigenvalue weighted by molar-refractivity contribution is -0.134. The first kappa shape index (κ1) is 21.9. The Bertz CT molecular complexity index is 789. The molecule has 0 aliphatic carbocycles. The van der Waals surface area contributed by atoms with Crippen molar-refractivity contribution in [3.8, 4) is 0 Å². The van der Waals surface area contributed by atoms with Crippen molar-refractivity contribution in [2.75, 3.05) is 19.6 Å². The molecule has 1 heterocycles. The minimum absolute atomic E-state index is 0.0300. The van der Waals surface area contributed by atoms with Gasteiger partial charge in [-0.1, -0.05) is 0 Å². The van der Waals surface area contributed by atoms with Crippen LogP contribution in [0.25, 0.3) is 0 Å². The highest BCUT2D eigenvalue weighted by Gasteiger charge is 2.27. The average molecular weight is 396 g/mol. The van der Waals surface area contributed by atoms with Crippen molar-refractivity contribution in [2.45, 2.75) is 71.2 Å². The number of carbonyl (C=O) groups is 1. The van der Waals surface area contributed by atoms with Crippen LogP contribution in [-0.4, -0.2) is 44.9 Å². The second-order valence-corrected chi connectivity index (χ2v) is 9.28. The lowest BCUT2D eigenvalue weighted by Gasteiger charge is -2.35. The molecule has 0 aromatic heterocycles. The van der Waals surface area contributed by atoms with Gasteiger partial charge in [0.2, 0.25) is 15.9 Å². The van der Waals surface area contributed by atoms with Crippen molar-refractivity contribution in [1.82, 2.24) is 9.62 Å². The van der Waals surface area contributed by atoms with Crippen molar-refractivity contribution in [3.05, 3.63) is 27.8 Å². The van der Waals surface area contributed by atoms with Crippen LogP contribution in [0, 0.1) is 34.6 Å². The minimum Gasteiger partial charge on any atom is -0.338 e. The summed E-state index contributed by atoms with van der Waals surface area (Å²) in [5.41, 5.74) is 10.4. The molecule has 1 unspecified atom stereocenters. The Hall–Kier alpha value is -1.44. The Kier molecular flexibility index (Phi) is 7.05. The van der Waals surface area contributed by atoms with Crippen molar-refractivity contribution in [3.63, 3.8) is 0 Å². The van der Waals surface area contributed by atoms with Crippen LogP contribution >= 0.6 is 0 Å². The monoisotopic (exact) mass is 395 g/mol. The summed E-state index contributed by atoms with van der Waals surface area (Å²) in [6.45, 7) is 10.9. The molecule has 1 fully saturated rings. The highest BCUT2D eigenvalue weighted by molar-refractivity contribution is 7.89. The van der Waals surface area contributed by atoms with E-state index < -0.39 is 10.0 Å². The van der Waals surface area contributed by atoms with Gasteiger partial charge in [0, 0.05) is 32.1 Å². The summed E-state index contributed by atoms with van der Waals surface area (Å²) >= 11 is 0. The highest BCUT2D eigenvalue weighted by atomic mass is 32.2. The van der Waals surface area contributed by atoms with E-state index in [9.17, 15) is 13.2 Å². The van der Waals surface area contributed by atoms with E-state index >= 15 is 0 Å². The van der Waals surface area contributed by atoms with Gasteiger partial charge in [-0.3, -0.25) is 4.79 Å². The number of carbonyl (C=O) groups excluding carboxylic acids is 1. The molecular weight excluding hydrogens is 362 g/mol. The van der Waals surface area contributed by atoms with Crippen molar-refractivity contribution in [1.29, 1.82) is 0 Å². The zero-order valence-corrected chi connectivity index (χ0v) is 18.0. The molecule has 0 radical (unpaired) electrons. The molecule has 152 valence electrons. The minimum atomic E-state index is -3.67. The van der Waals surface area contributed by atoms with E-state index in [0.717, 1.165) is 47.1 Å². The van der Waals surface area contributed by atoms with Gasteiger partial charge >= 0.3 is 0 Å². The molecule has 2 rings (SSSR count). The van der Waals surface area contributed by atoms with Gasteiger partial charge in [0.05, 0.1) is 4.90 Å². The van der Waals surface area contributed by atoms with Crippen LogP contribution in [0.1, 0.15) is 53.5 Å². The normalized spacial score (nSPS) is 18.0. The topological polar surface area (TPSA) is 92.5 Å². The number of nitrogens with zero attached hydrogens (tertiary/aromatic N) is 1. The number of piperidine rings is 1. The van der Waals surface area contributed by atoms with E-state index in [1.807, 2.05) is 39.5 Å². The summed E-state index contributed by atoms with van der Waals surface area (Å²) in [5.74, 6) is -0.0300. The summed E-state index contributed by atoms with van der Waals surface area (Å²) in [5, 5.41) is 0. The fraction of sp³-hybridized carbons (Fsp3) is 0.650. The molecule has 0 bridgehead atoms.